The van der Waals surface area contributed by atoms with Crippen molar-refractivity contribution >= 4 is 5.97 Å². The summed E-state index contributed by atoms with van der Waals surface area (Å²) < 4.78 is 10.4. The lowest BCUT2D eigenvalue weighted by Crippen LogP contribution is -2.42. The van der Waals surface area contributed by atoms with E-state index in [1.165, 1.54) is 7.11 Å². The minimum Gasteiger partial charge on any atom is -0.494 e. The van der Waals surface area contributed by atoms with Crippen LogP contribution >= 0.6 is 0 Å². The van der Waals surface area contributed by atoms with Crippen LogP contribution in [-0.2, 0) is 15.1 Å². The molecular weight excluding hydrogens is 266 g/mol. The first-order valence-corrected chi connectivity index (χ1v) is 7.61. The Morgan fingerprint density at radius 2 is 1.86 bits per heavy atom. The molecule has 1 N–H and O–H groups in total. The van der Waals surface area contributed by atoms with Crippen LogP contribution in [0, 0.1) is 0 Å². The number of nitrogens with one attached hydrogen (secondary N) is 1. The van der Waals surface area contributed by atoms with Crippen LogP contribution in [0.1, 0.15) is 45.6 Å². The lowest BCUT2D eigenvalue weighted by Gasteiger charge is -2.30. The lowest BCUT2D eigenvalue weighted by atomic mass is 9.88. The molecule has 0 aromatic heterocycles. The van der Waals surface area contributed by atoms with Gasteiger partial charge in [-0.1, -0.05) is 26.0 Å². The van der Waals surface area contributed by atoms with Gasteiger partial charge < -0.3 is 14.8 Å². The number of benzene rings is 1. The van der Waals surface area contributed by atoms with Gasteiger partial charge in [-0.3, -0.25) is 4.79 Å². The third kappa shape index (κ3) is 5.38. The predicted molar refractivity (Wildman–Crippen MR) is 84.5 cm³/mol. The largest absolute Gasteiger partial charge is 0.494 e. The van der Waals surface area contributed by atoms with Crippen molar-refractivity contribution in [1.82, 2.24) is 5.32 Å². The Bertz CT molecular complexity index is 430. The number of ether oxygens (including phenoxy) is 2. The molecule has 0 aliphatic carbocycles. The number of hydrogen-bond donors (Lipinski definition) is 1. The van der Waals surface area contributed by atoms with Crippen molar-refractivity contribution in [2.45, 2.75) is 45.6 Å². The minimum absolute atomic E-state index is 0.215. The fraction of sp³-hybridized carbons (Fsp3) is 0.588. The Hall–Kier alpha value is -1.55. The second-order valence-electron chi connectivity index (χ2n) is 5.38. The fourth-order valence-electron chi connectivity index (χ4n) is 2.17. The van der Waals surface area contributed by atoms with Gasteiger partial charge in [0.05, 0.1) is 25.7 Å². The second-order valence-corrected chi connectivity index (χ2v) is 5.38. The summed E-state index contributed by atoms with van der Waals surface area (Å²) >= 11 is 0. The highest BCUT2D eigenvalue weighted by atomic mass is 16.5. The van der Waals surface area contributed by atoms with Crippen molar-refractivity contribution in [3.8, 4) is 5.75 Å². The van der Waals surface area contributed by atoms with Crippen molar-refractivity contribution in [3.05, 3.63) is 29.8 Å². The summed E-state index contributed by atoms with van der Waals surface area (Å²) in [7, 11) is 1.42. The molecule has 0 radical (unpaired) electrons. The third-order valence-electron chi connectivity index (χ3n) is 3.46. The number of rotatable bonds is 9. The predicted octanol–water partition coefficient (Wildman–Crippen LogP) is 3.25. The first-order chi connectivity index (χ1) is 10.1. The van der Waals surface area contributed by atoms with Gasteiger partial charge in [0.25, 0.3) is 0 Å². The summed E-state index contributed by atoms with van der Waals surface area (Å²) in [5, 5.41) is 3.45. The van der Waals surface area contributed by atoms with E-state index in [0.29, 0.717) is 13.0 Å². The molecule has 0 fully saturated rings. The summed E-state index contributed by atoms with van der Waals surface area (Å²) in [6.07, 6.45) is 2.30. The van der Waals surface area contributed by atoms with Crippen LogP contribution in [0.3, 0.4) is 0 Å². The van der Waals surface area contributed by atoms with Crippen LogP contribution in [0.5, 0.6) is 5.75 Å². The van der Waals surface area contributed by atoms with Gasteiger partial charge in [-0.2, -0.15) is 0 Å². The molecule has 1 aromatic carbocycles. The van der Waals surface area contributed by atoms with Gasteiger partial charge in [-0.05, 0) is 44.0 Å². The van der Waals surface area contributed by atoms with Crippen LogP contribution in [-0.4, -0.2) is 26.2 Å². The van der Waals surface area contributed by atoms with Gasteiger partial charge in [-0.25, -0.2) is 0 Å². The molecule has 0 heterocycles. The maximum absolute atomic E-state index is 11.7. The highest BCUT2D eigenvalue weighted by Gasteiger charge is 2.29. The van der Waals surface area contributed by atoms with E-state index in [1.54, 1.807) is 0 Å². The molecular formula is C17H27NO3. The first kappa shape index (κ1) is 17.5. The van der Waals surface area contributed by atoms with Gasteiger partial charge in [-0.15, -0.1) is 0 Å². The van der Waals surface area contributed by atoms with Crippen LogP contribution in [0.2, 0.25) is 0 Å². The molecule has 0 bridgehead atoms. The normalized spacial score (nSPS) is 13.5. The van der Waals surface area contributed by atoms with E-state index in [0.717, 1.165) is 30.7 Å². The number of methoxy groups -OCH3 is 1. The molecule has 0 aliphatic rings. The molecule has 0 spiro atoms. The molecule has 118 valence electrons. The summed E-state index contributed by atoms with van der Waals surface area (Å²) in [6.45, 7) is 7.78. The summed E-state index contributed by atoms with van der Waals surface area (Å²) in [6, 6.07) is 7.93. The first-order valence-electron chi connectivity index (χ1n) is 7.61. The topological polar surface area (TPSA) is 47.6 Å². The van der Waals surface area contributed by atoms with Gasteiger partial charge in [0.2, 0.25) is 0 Å². The van der Waals surface area contributed by atoms with Crippen LogP contribution < -0.4 is 10.1 Å². The number of esters is 1. The van der Waals surface area contributed by atoms with E-state index in [4.69, 9.17) is 9.47 Å². The summed E-state index contributed by atoms with van der Waals surface area (Å²) in [5.41, 5.74) is 0.636. The molecule has 0 amide bonds. The fourth-order valence-corrected chi connectivity index (χ4v) is 2.17. The van der Waals surface area contributed by atoms with E-state index >= 15 is 0 Å². The van der Waals surface area contributed by atoms with Gasteiger partial charge in [0, 0.05) is 0 Å². The second kappa shape index (κ2) is 8.67. The average Bonchev–Trinajstić information content (AvgIpc) is 2.51. The van der Waals surface area contributed by atoms with Crippen molar-refractivity contribution < 1.29 is 14.3 Å². The molecule has 1 aromatic rings. The van der Waals surface area contributed by atoms with E-state index in [-0.39, 0.29) is 5.97 Å². The zero-order valence-corrected chi connectivity index (χ0v) is 13.6. The summed E-state index contributed by atoms with van der Waals surface area (Å²) in [4.78, 5) is 11.7. The standard InChI is InChI=1S/C17H27NO3/c1-5-11-18-17(3,13-16(19)20-4)14-7-9-15(10-8-14)21-12-6-2/h7-10,18H,5-6,11-13H2,1-4H3. The van der Waals surface area contributed by atoms with Crippen LogP contribution in [0.15, 0.2) is 24.3 Å². The highest BCUT2D eigenvalue weighted by Crippen LogP contribution is 2.27. The van der Waals surface area contributed by atoms with E-state index in [2.05, 4.69) is 19.2 Å². The molecule has 0 saturated carbocycles. The SMILES string of the molecule is CCCNC(C)(CC(=O)OC)c1ccc(OCCC)cc1. The van der Waals surface area contributed by atoms with Crippen LogP contribution in [0.25, 0.3) is 0 Å². The molecule has 0 aliphatic heterocycles. The highest BCUT2D eigenvalue weighted by molar-refractivity contribution is 5.71. The van der Waals surface area contributed by atoms with E-state index in [1.807, 2.05) is 31.2 Å². The van der Waals surface area contributed by atoms with Crippen LogP contribution in [0.4, 0.5) is 0 Å². The Labute approximate surface area is 127 Å². The Balaban J connectivity index is 2.88. The quantitative estimate of drug-likeness (QED) is 0.710. The zero-order valence-electron chi connectivity index (χ0n) is 13.6. The number of hydrogen-bond acceptors (Lipinski definition) is 4. The van der Waals surface area contributed by atoms with Gasteiger partial charge >= 0.3 is 5.97 Å². The maximum atomic E-state index is 11.7. The third-order valence-corrected chi connectivity index (χ3v) is 3.46. The smallest absolute Gasteiger partial charge is 0.307 e. The van der Waals surface area contributed by atoms with Crippen molar-refractivity contribution in [3.63, 3.8) is 0 Å². The molecule has 1 atom stereocenters. The van der Waals surface area contributed by atoms with E-state index < -0.39 is 5.54 Å². The van der Waals surface area contributed by atoms with Crippen molar-refractivity contribution in [2.24, 2.45) is 0 Å². The molecule has 4 nitrogen and oxygen atoms in total. The molecule has 0 saturated heterocycles. The Kier molecular flexibility index (Phi) is 7.23. The molecule has 21 heavy (non-hydrogen) atoms. The molecule has 1 rings (SSSR count). The lowest BCUT2D eigenvalue weighted by molar-refractivity contribution is -0.142. The Morgan fingerprint density at radius 1 is 1.19 bits per heavy atom. The maximum Gasteiger partial charge on any atom is 0.307 e. The molecule has 1 unspecified atom stereocenters. The van der Waals surface area contributed by atoms with Crippen molar-refractivity contribution in [2.75, 3.05) is 20.3 Å². The van der Waals surface area contributed by atoms with Gasteiger partial charge in [0.15, 0.2) is 0 Å². The average molecular weight is 293 g/mol. The van der Waals surface area contributed by atoms with Crippen molar-refractivity contribution in [1.29, 1.82) is 0 Å². The summed E-state index contributed by atoms with van der Waals surface area (Å²) in [5.74, 6) is 0.643. The monoisotopic (exact) mass is 293 g/mol. The number of carbonyl (C=O) groups is 1. The van der Waals surface area contributed by atoms with Gasteiger partial charge in [0.1, 0.15) is 5.75 Å². The number of carbonyl (C=O) groups excluding carboxylic acids is 1. The molecule has 4 heteroatoms. The zero-order chi connectivity index (χ0) is 15.7. The Morgan fingerprint density at radius 3 is 2.38 bits per heavy atom. The van der Waals surface area contributed by atoms with E-state index in [9.17, 15) is 4.79 Å². The minimum atomic E-state index is -0.424.